The van der Waals surface area contributed by atoms with Crippen LogP contribution in [0.2, 0.25) is 0 Å². The molecule has 1 aliphatic carbocycles. The highest BCUT2D eigenvalue weighted by atomic mass is 15.2. The van der Waals surface area contributed by atoms with Gasteiger partial charge < -0.3 is 5.32 Å². The van der Waals surface area contributed by atoms with Crippen LogP contribution in [0.25, 0.3) is 0 Å². The monoisotopic (exact) mass is 246 g/mol. The Morgan fingerprint density at radius 3 is 2.33 bits per heavy atom. The van der Waals surface area contributed by atoms with Gasteiger partial charge in [0.2, 0.25) is 0 Å². The van der Waals surface area contributed by atoms with Crippen LogP contribution in [-0.4, -0.2) is 30.6 Å². The number of hydrogen-bond acceptors (Lipinski definition) is 2. The van der Waals surface area contributed by atoms with Crippen LogP contribution in [0.3, 0.4) is 0 Å². The second kappa shape index (κ2) is 6.35. The lowest BCUT2D eigenvalue weighted by Crippen LogP contribution is -2.44. The molecular formula is C16H26N2. The van der Waals surface area contributed by atoms with Crippen molar-refractivity contribution in [1.29, 1.82) is 0 Å². The van der Waals surface area contributed by atoms with E-state index in [1.165, 1.54) is 24.8 Å². The molecule has 0 radical (unpaired) electrons. The van der Waals surface area contributed by atoms with Crippen molar-refractivity contribution in [2.75, 3.05) is 13.6 Å². The summed E-state index contributed by atoms with van der Waals surface area (Å²) in [6, 6.07) is 12.7. The van der Waals surface area contributed by atoms with Gasteiger partial charge in [-0.05, 0) is 38.4 Å². The third kappa shape index (κ3) is 2.93. The number of likely N-dealkylation sites (N-methyl/N-ethyl adjacent to an activating group) is 2. The van der Waals surface area contributed by atoms with Gasteiger partial charge in [0, 0.05) is 18.1 Å². The highest BCUT2D eigenvalue weighted by molar-refractivity contribution is 5.21. The van der Waals surface area contributed by atoms with E-state index < -0.39 is 0 Å². The zero-order valence-electron chi connectivity index (χ0n) is 11.9. The van der Waals surface area contributed by atoms with E-state index in [0.717, 1.165) is 12.6 Å². The molecule has 0 aromatic heterocycles. The molecule has 0 aliphatic heterocycles. The van der Waals surface area contributed by atoms with Gasteiger partial charge in [0.15, 0.2) is 0 Å². The predicted octanol–water partition coefficient (Wildman–Crippen LogP) is 3.21. The smallest absolute Gasteiger partial charge is 0.0475 e. The lowest BCUT2D eigenvalue weighted by atomic mass is 9.96. The molecule has 1 fully saturated rings. The Balaban J connectivity index is 2.17. The third-order valence-corrected chi connectivity index (χ3v) is 4.08. The zero-order chi connectivity index (χ0) is 13.0. The number of nitrogens with one attached hydrogen (secondary N) is 1. The fourth-order valence-electron chi connectivity index (χ4n) is 3.07. The van der Waals surface area contributed by atoms with Crippen molar-refractivity contribution in [3.63, 3.8) is 0 Å². The molecule has 0 saturated heterocycles. The van der Waals surface area contributed by atoms with Crippen LogP contribution in [-0.2, 0) is 0 Å². The Bertz CT molecular complexity index is 345. The average molecular weight is 246 g/mol. The first-order chi connectivity index (χ1) is 8.81. The maximum atomic E-state index is 3.53. The molecule has 2 heteroatoms. The van der Waals surface area contributed by atoms with Gasteiger partial charge in [-0.1, -0.05) is 44.2 Å². The Kier molecular flexibility index (Phi) is 4.79. The highest BCUT2D eigenvalue weighted by Gasteiger charge is 2.35. The zero-order valence-corrected chi connectivity index (χ0v) is 11.9. The first-order valence-electron chi connectivity index (χ1n) is 7.29. The third-order valence-electron chi connectivity index (χ3n) is 4.08. The van der Waals surface area contributed by atoms with Gasteiger partial charge in [-0.25, -0.2) is 0 Å². The van der Waals surface area contributed by atoms with Gasteiger partial charge >= 0.3 is 0 Å². The first kappa shape index (κ1) is 13.6. The molecule has 1 aliphatic rings. The Labute approximate surface area is 111 Å². The number of rotatable bonds is 7. The molecule has 1 N–H and O–H groups in total. The Morgan fingerprint density at radius 2 is 1.89 bits per heavy atom. The van der Waals surface area contributed by atoms with E-state index in [1.54, 1.807) is 0 Å². The van der Waals surface area contributed by atoms with Gasteiger partial charge in [0.25, 0.3) is 0 Å². The minimum atomic E-state index is 0.441. The maximum absolute atomic E-state index is 3.53. The molecule has 0 spiro atoms. The summed E-state index contributed by atoms with van der Waals surface area (Å²) in [4.78, 5) is 2.69. The van der Waals surface area contributed by atoms with Gasteiger partial charge in [-0.2, -0.15) is 0 Å². The van der Waals surface area contributed by atoms with E-state index >= 15 is 0 Å². The molecule has 2 unspecified atom stereocenters. The number of nitrogens with zero attached hydrogens (tertiary/aromatic N) is 1. The Morgan fingerprint density at radius 1 is 1.22 bits per heavy atom. The fourth-order valence-corrected chi connectivity index (χ4v) is 3.07. The normalized spacial score (nSPS) is 18.9. The first-order valence-corrected chi connectivity index (χ1v) is 7.29. The molecule has 0 bridgehead atoms. The minimum absolute atomic E-state index is 0.441. The summed E-state index contributed by atoms with van der Waals surface area (Å²) in [5.74, 6) is 0. The molecule has 100 valence electrons. The van der Waals surface area contributed by atoms with Crippen molar-refractivity contribution in [2.24, 2.45) is 0 Å². The topological polar surface area (TPSA) is 15.3 Å². The molecule has 0 heterocycles. The molecule has 0 amide bonds. The van der Waals surface area contributed by atoms with Crippen molar-refractivity contribution >= 4 is 0 Å². The van der Waals surface area contributed by atoms with Crippen LogP contribution in [0.5, 0.6) is 0 Å². The lowest BCUT2D eigenvalue weighted by Gasteiger charge is -2.36. The lowest BCUT2D eigenvalue weighted by molar-refractivity contribution is 0.153. The fraction of sp³-hybridized carbons (Fsp3) is 0.625. The van der Waals surface area contributed by atoms with E-state index in [4.69, 9.17) is 0 Å². The van der Waals surface area contributed by atoms with E-state index in [-0.39, 0.29) is 0 Å². The summed E-state index contributed by atoms with van der Waals surface area (Å²) in [6.45, 7) is 5.76. The predicted molar refractivity (Wildman–Crippen MR) is 77.7 cm³/mol. The van der Waals surface area contributed by atoms with Crippen LogP contribution in [0.15, 0.2) is 30.3 Å². The summed E-state index contributed by atoms with van der Waals surface area (Å²) >= 11 is 0. The molecule has 2 atom stereocenters. The average Bonchev–Trinajstić information content (AvgIpc) is 3.24. The van der Waals surface area contributed by atoms with Crippen LogP contribution >= 0.6 is 0 Å². The van der Waals surface area contributed by atoms with Crippen LogP contribution in [0.1, 0.15) is 44.7 Å². The second-order valence-corrected chi connectivity index (χ2v) is 5.21. The van der Waals surface area contributed by atoms with Crippen molar-refractivity contribution in [2.45, 2.75) is 51.2 Å². The quantitative estimate of drug-likeness (QED) is 0.794. The van der Waals surface area contributed by atoms with Gasteiger partial charge in [0.1, 0.15) is 0 Å². The van der Waals surface area contributed by atoms with Crippen LogP contribution in [0, 0.1) is 0 Å². The van der Waals surface area contributed by atoms with Crippen LogP contribution < -0.4 is 5.32 Å². The summed E-state index contributed by atoms with van der Waals surface area (Å²) in [7, 11) is 2.08. The molecule has 2 nitrogen and oxygen atoms in total. The van der Waals surface area contributed by atoms with Gasteiger partial charge in [0.05, 0.1) is 0 Å². The molecular weight excluding hydrogens is 220 g/mol. The van der Waals surface area contributed by atoms with Crippen molar-refractivity contribution in [3.05, 3.63) is 35.9 Å². The summed E-state index contributed by atoms with van der Waals surface area (Å²) in [5.41, 5.74) is 1.41. The summed E-state index contributed by atoms with van der Waals surface area (Å²) in [5, 5.41) is 3.53. The highest BCUT2D eigenvalue weighted by Crippen LogP contribution is 2.33. The van der Waals surface area contributed by atoms with Gasteiger partial charge in [-0.3, -0.25) is 4.90 Å². The van der Waals surface area contributed by atoms with E-state index in [9.17, 15) is 0 Å². The maximum Gasteiger partial charge on any atom is 0.0475 e. The molecule has 1 aromatic rings. The van der Waals surface area contributed by atoms with Crippen molar-refractivity contribution in [3.8, 4) is 0 Å². The standard InChI is InChI=1S/C16H26N2/c1-4-15(18(5-2)14-11-12-14)16(17-3)13-9-7-6-8-10-13/h6-10,14-17H,4-5,11-12H2,1-3H3. The van der Waals surface area contributed by atoms with E-state index in [0.29, 0.717) is 12.1 Å². The minimum Gasteiger partial charge on any atom is -0.312 e. The Hall–Kier alpha value is -0.860. The summed E-state index contributed by atoms with van der Waals surface area (Å²) < 4.78 is 0. The van der Waals surface area contributed by atoms with Gasteiger partial charge in [-0.15, -0.1) is 0 Å². The SMILES string of the molecule is CCC(C(NC)c1ccccc1)N(CC)C1CC1. The summed E-state index contributed by atoms with van der Waals surface area (Å²) in [6.07, 6.45) is 3.97. The largest absolute Gasteiger partial charge is 0.312 e. The molecule has 1 saturated carbocycles. The van der Waals surface area contributed by atoms with Crippen molar-refractivity contribution < 1.29 is 0 Å². The molecule has 1 aromatic carbocycles. The van der Waals surface area contributed by atoms with Crippen LogP contribution in [0.4, 0.5) is 0 Å². The number of hydrogen-bond donors (Lipinski definition) is 1. The van der Waals surface area contributed by atoms with E-state index in [2.05, 4.69) is 61.4 Å². The number of benzene rings is 1. The second-order valence-electron chi connectivity index (χ2n) is 5.21. The van der Waals surface area contributed by atoms with E-state index in [1.807, 2.05) is 0 Å². The molecule has 2 rings (SSSR count). The molecule has 18 heavy (non-hydrogen) atoms. The van der Waals surface area contributed by atoms with Crippen molar-refractivity contribution in [1.82, 2.24) is 10.2 Å².